The van der Waals surface area contributed by atoms with Crippen LogP contribution in [-0.4, -0.2) is 24.2 Å². The van der Waals surface area contributed by atoms with Gasteiger partial charge in [0, 0.05) is 6.42 Å². The molecule has 0 saturated carbocycles. The zero-order valence-electron chi connectivity index (χ0n) is 14.8. The Morgan fingerprint density at radius 2 is 2.15 bits per heavy atom. The van der Waals surface area contributed by atoms with Gasteiger partial charge in [-0.1, -0.05) is 35.5 Å². The molecule has 1 amide bonds. The number of rotatable bonds is 5. The lowest BCUT2D eigenvalue weighted by Gasteiger charge is -2.07. The second-order valence-corrected chi connectivity index (χ2v) is 6.81. The van der Waals surface area contributed by atoms with Gasteiger partial charge in [-0.05, 0) is 25.0 Å². The molecule has 0 bridgehead atoms. The SMILES string of the molecule is CCOC(=O)c1sc(NC(=O)C2=NOC(c3ccccc3)C2)c(C#N)c1C. The Hall–Kier alpha value is -3.18. The lowest BCUT2D eigenvalue weighted by Crippen LogP contribution is -2.21. The van der Waals surface area contributed by atoms with E-state index in [4.69, 9.17) is 9.57 Å². The van der Waals surface area contributed by atoms with Crippen LogP contribution in [-0.2, 0) is 14.4 Å². The molecule has 1 aliphatic rings. The first-order valence-corrected chi connectivity index (χ1v) is 9.16. The molecule has 1 aromatic carbocycles. The van der Waals surface area contributed by atoms with Crippen molar-refractivity contribution in [2.24, 2.45) is 5.16 Å². The quantitative estimate of drug-likeness (QED) is 0.796. The Morgan fingerprint density at radius 1 is 1.41 bits per heavy atom. The first kappa shape index (κ1) is 18.6. The van der Waals surface area contributed by atoms with Gasteiger partial charge in [0.15, 0.2) is 6.10 Å². The van der Waals surface area contributed by atoms with Crippen molar-refractivity contribution in [3.05, 3.63) is 51.9 Å². The molecule has 8 heteroatoms. The molecule has 0 radical (unpaired) electrons. The summed E-state index contributed by atoms with van der Waals surface area (Å²) in [7, 11) is 0. The maximum Gasteiger partial charge on any atom is 0.348 e. The number of amides is 1. The molecule has 3 rings (SSSR count). The maximum atomic E-state index is 12.5. The van der Waals surface area contributed by atoms with Crippen molar-refractivity contribution < 1.29 is 19.2 Å². The molecule has 0 saturated heterocycles. The van der Waals surface area contributed by atoms with E-state index >= 15 is 0 Å². The molecule has 1 N–H and O–H groups in total. The fourth-order valence-corrected chi connectivity index (χ4v) is 3.71. The zero-order valence-corrected chi connectivity index (χ0v) is 15.6. The van der Waals surface area contributed by atoms with Crippen LogP contribution in [0.2, 0.25) is 0 Å². The van der Waals surface area contributed by atoms with Gasteiger partial charge in [-0.3, -0.25) is 4.79 Å². The second kappa shape index (κ2) is 8.01. The number of esters is 1. The van der Waals surface area contributed by atoms with Gasteiger partial charge in [-0.2, -0.15) is 5.26 Å². The normalized spacial score (nSPS) is 15.4. The average Bonchev–Trinajstić information content (AvgIpc) is 3.28. The predicted octanol–water partition coefficient (Wildman–Crippen LogP) is 3.56. The summed E-state index contributed by atoms with van der Waals surface area (Å²) in [4.78, 5) is 30.2. The van der Waals surface area contributed by atoms with Crippen molar-refractivity contribution in [2.75, 3.05) is 11.9 Å². The van der Waals surface area contributed by atoms with E-state index in [9.17, 15) is 14.9 Å². The highest BCUT2D eigenvalue weighted by molar-refractivity contribution is 7.18. The van der Waals surface area contributed by atoms with Crippen LogP contribution < -0.4 is 5.32 Å². The number of hydrogen-bond donors (Lipinski definition) is 1. The third-order valence-electron chi connectivity index (χ3n) is 4.05. The molecular formula is C19H17N3O4S. The number of benzene rings is 1. The molecular weight excluding hydrogens is 366 g/mol. The van der Waals surface area contributed by atoms with Crippen molar-refractivity contribution in [3.63, 3.8) is 0 Å². The van der Waals surface area contributed by atoms with Crippen LogP contribution >= 0.6 is 11.3 Å². The summed E-state index contributed by atoms with van der Waals surface area (Å²) < 4.78 is 5.00. The lowest BCUT2D eigenvalue weighted by atomic mass is 10.0. The molecule has 1 aliphatic heterocycles. The molecule has 1 atom stereocenters. The molecule has 0 fully saturated rings. The second-order valence-electron chi connectivity index (χ2n) is 5.79. The number of nitrogens with zero attached hydrogens (tertiary/aromatic N) is 2. The van der Waals surface area contributed by atoms with Gasteiger partial charge in [-0.15, -0.1) is 11.3 Å². The number of thiophene rings is 1. The summed E-state index contributed by atoms with van der Waals surface area (Å²) >= 11 is 1.02. The number of ether oxygens (including phenoxy) is 1. The molecule has 2 aromatic rings. The minimum atomic E-state index is -0.511. The van der Waals surface area contributed by atoms with Gasteiger partial charge in [0.1, 0.15) is 21.7 Å². The number of nitrogens with one attached hydrogen (secondary N) is 1. The summed E-state index contributed by atoms with van der Waals surface area (Å²) in [5, 5.41) is 16.2. The minimum absolute atomic E-state index is 0.231. The average molecular weight is 383 g/mol. The van der Waals surface area contributed by atoms with Crippen molar-refractivity contribution in [2.45, 2.75) is 26.4 Å². The Bertz CT molecular complexity index is 944. The van der Waals surface area contributed by atoms with Crippen LogP contribution in [0.25, 0.3) is 0 Å². The smallest absolute Gasteiger partial charge is 0.348 e. The van der Waals surface area contributed by atoms with Crippen molar-refractivity contribution in [1.82, 2.24) is 0 Å². The van der Waals surface area contributed by atoms with Crippen LogP contribution in [0.4, 0.5) is 5.00 Å². The van der Waals surface area contributed by atoms with Gasteiger partial charge in [-0.25, -0.2) is 4.79 Å². The van der Waals surface area contributed by atoms with Gasteiger partial charge in [0.25, 0.3) is 5.91 Å². The van der Waals surface area contributed by atoms with Gasteiger partial charge < -0.3 is 14.9 Å². The highest BCUT2D eigenvalue weighted by Crippen LogP contribution is 2.34. The zero-order chi connectivity index (χ0) is 19.4. The van der Waals surface area contributed by atoms with Gasteiger partial charge >= 0.3 is 5.97 Å². The molecule has 2 heterocycles. The molecule has 7 nitrogen and oxygen atoms in total. The summed E-state index contributed by atoms with van der Waals surface area (Å²) in [6, 6.07) is 11.5. The molecule has 1 aromatic heterocycles. The molecule has 27 heavy (non-hydrogen) atoms. The topological polar surface area (TPSA) is 101 Å². The predicted molar refractivity (Wildman–Crippen MR) is 101 cm³/mol. The van der Waals surface area contributed by atoms with Gasteiger partial charge in [0.05, 0.1) is 12.2 Å². The third kappa shape index (κ3) is 3.83. The highest BCUT2D eigenvalue weighted by Gasteiger charge is 2.29. The first-order chi connectivity index (χ1) is 13.0. The van der Waals surface area contributed by atoms with E-state index in [2.05, 4.69) is 10.5 Å². The van der Waals surface area contributed by atoms with E-state index in [1.54, 1.807) is 13.8 Å². The standard InChI is InChI=1S/C19H17N3O4S/c1-3-25-19(24)16-11(2)13(10-20)18(27-16)21-17(23)14-9-15(26-22-14)12-7-5-4-6-8-12/h4-8,15H,3,9H2,1-2H3,(H,21,23). The molecule has 1 unspecified atom stereocenters. The van der Waals surface area contributed by atoms with E-state index in [0.717, 1.165) is 16.9 Å². The van der Waals surface area contributed by atoms with Crippen molar-refractivity contribution in [3.8, 4) is 6.07 Å². The number of hydrogen-bond acceptors (Lipinski definition) is 7. The summed E-state index contributed by atoms with van der Waals surface area (Å²) in [6.07, 6.45) is 0.00913. The Balaban J connectivity index is 1.74. The van der Waals surface area contributed by atoms with E-state index in [1.165, 1.54) is 0 Å². The van der Waals surface area contributed by atoms with Crippen LogP contribution in [0.3, 0.4) is 0 Å². The van der Waals surface area contributed by atoms with E-state index in [-0.39, 0.29) is 24.0 Å². The van der Waals surface area contributed by atoms with Gasteiger partial charge in [0.2, 0.25) is 0 Å². The Kier molecular flexibility index (Phi) is 5.52. The maximum absolute atomic E-state index is 12.5. The molecule has 0 aliphatic carbocycles. The lowest BCUT2D eigenvalue weighted by molar-refractivity contribution is -0.110. The molecule has 0 spiro atoms. The Morgan fingerprint density at radius 3 is 2.81 bits per heavy atom. The number of nitriles is 1. The highest BCUT2D eigenvalue weighted by atomic mass is 32.1. The van der Waals surface area contributed by atoms with Crippen molar-refractivity contribution >= 4 is 33.9 Å². The summed E-state index contributed by atoms with van der Waals surface area (Å²) in [5.41, 5.74) is 1.90. The monoisotopic (exact) mass is 383 g/mol. The first-order valence-electron chi connectivity index (χ1n) is 8.34. The number of carbonyl (C=O) groups is 2. The summed E-state index contributed by atoms with van der Waals surface area (Å²) in [5.74, 6) is -0.968. The van der Waals surface area contributed by atoms with Crippen LogP contribution in [0.1, 0.15) is 45.8 Å². The fraction of sp³-hybridized carbons (Fsp3) is 0.263. The Labute approximate surface area is 160 Å². The van der Waals surface area contributed by atoms with Crippen LogP contribution in [0.5, 0.6) is 0 Å². The van der Waals surface area contributed by atoms with Crippen LogP contribution in [0, 0.1) is 18.3 Å². The number of oxime groups is 1. The number of anilines is 1. The molecule has 138 valence electrons. The minimum Gasteiger partial charge on any atom is -0.462 e. The fourth-order valence-electron chi connectivity index (χ4n) is 2.66. The largest absolute Gasteiger partial charge is 0.462 e. The van der Waals surface area contributed by atoms with Crippen molar-refractivity contribution in [1.29, 1.82) is 5.26 Å². The number of carbonyl (C=O) groups excluding carboxylic acids is 2. The van der Waals surface area contributed by atoms with E-state index in [1.807, 2.05) is 36.4 Å². The van der Waals surface area contributed by atoms with E-state index < -0.39 is 11.9 Å². The van der Waals surface area contributed by atoms with E-state index in [0.29, 0.717) is 21.9 Å². The van der Waals surface area contributed by atoms with Crippen LogP contribution in [0.15, 0.2) is 35.5 Å². The summed E-state index contributed by atoms with van der Waals surface area (Å²) in [6.45, 7) is 3.59. The third-order valence-corrected chi connectivity index (χ3v) is 5.24.